The molecule has 0 bridgehead atoms. The molecule has 0 saturated carbocycles. The Hall–Kier alpha value is -1.79. The van der Waals surface area contributed by atoms with E-state index in [0.717, 1.165) is 5.52 Å². The van der Waals surface area contributed by atoms with Crippen molar-refractivity contribution in [2.75, 3.05) is 0 Å². The van der Waals surface area contributed by atoms with Crippen molar-refractivity contribution in [3.63, 3.8) is 0 Å². The van der Waals surface area contributed by atoms with E-state index in [1.807, 2.05) is 0 Å². The third-order valence-corrected chi connectivity index (χ3v) is 3.15. The minimum absolute atomic E-state index is 0.443. The number of aromatic amines is 1. The van der Waals surface area contributed by atoms with Crippen LogP contribution in [0.4, 0.5) is 4.79 Å². The quantitative estimate of drug-likeness (QED) is 0.809. The van der Waals surface area contributed by atoms with Crippen LogP contribution in [0.3, 0.4) is 0 Å². The summed E-state index contributed by atoms with van der Waals surface area (Å²) in [5, 5.41) is 13.1. The Morgan fingerprint density at radius 2 is 2.14 bits per heavy atom. The summed E-state index contributed by atoms with van der Waals surface area (Å²) in [6.07, 6.45) is -1.46. The summed E-state index contributed by atoms with van der Waals surface area (Å²) in [4.78, 5) is 19.3. The Morgan fingerprint density at radius 1 is 1.45 bits per heavy atom. The van der Waals surface area contributed by atoms with Gasteiger partial charge in [-0.05, 0) is 45.9 Å². The van der Waals surface area contributed by atoms with Crippen molar-refractivity contribution in [2.24, 2.45) is 0 Å². The lowest BCUT2D eigenvalue weighted by molar-refractivity contribution is 0.0430. The van der Waals surface area contributed by atoms with E-state index in [9.17, 15) is 9.90 Å². The van der Waals surface area contributed by atoms with Gasteiger partial charge in [0.2, 0.25) is 0 Å². The number of carbonyl (C=O) groups excluding carboxylic acids is 1. The number of hydrogen-bond acceptors (Lipinski definition) is 4. The normalized spacial score (nSPS) is 14.6. The molecule has 1 aromatic heterocycles. The van der Waals surface area contributed by atoms with Gasteiger partial charge in [0.1, 0.15) is 17.5 Å². The van der Waals surface area contributed by atoms with Gasteiger partial charge in [0, 0.05) is 5.02 Å². The minimum Gasteiger partial charge on any atom is -0.444 e. The second-order valence-electron chi connectivity index (χ2n) is 6.15. The highest BCUT2D eigenvalue weighted by Crippen LogP contribution is 2.22. The maximum atomic E-state index is 11.9. The number of aliphatic hydroxyl groups excluding tert-OH is 1. The highest BCUT2D eigenvalue weighted by Gasteiger charge is 2.26. The number of alkyl carbamates (subject to hydrolysis) is 1. The number of halogens is 1. The highest BCUT2D eigenvalue weighted by atomic mass is 35.5. The Labute approximate surface area is 133 Å². The number of amides is 1. The topological polar surface area (TPSA) is 87.2 Å². The summed E-state index contributed by atoms with van der Waals surface area (Å²) in [6, 6.07) is 4.53. The van der Waals surface area contributed by atoms with Gasteiger partial charge in [0.05, 0.1) is 17.1 Å². The maximum absolute atomic E-state index is 11.9. The molecule has 0 spiro atoms. The second-order valence-corrected chi connectivity index (χ2v) is 6.58. The predicted octanol–water partition coefficient (Wildman–Crippen LogP) is 3.16. The Morgan fingerprint density at radius 3 is 2.73 bits per heavy atom. The molecule has 0 aliphatic rings. The van der Waals surface area contributed by atoms with E-state index in [-0.39, 0.29) is 0 Å². The van der Waals surface area contributed by atoms with E-state index in [1.54, 1.807) is 45.9 Å². The van der Waals surface area contributed by atoms with Gasteiger partial charge in [0.25, 0.3) is 0 Å². The number of aliphatic hydroxyl groups is 1. The number of nitrogens with zero attached hydrogens (tertiary/aromatic N) is 1. The van der Waals surface area contributed by atoms with Gasteiger partial charge in [-0.15, -0.1) is 0 Å². The number of nitrogens with one attached hydrogen (secondary N) is 2. The van der Waals surface area contributed by atoms with Crippen LogP contribution in [0.5, 0.6) is 0 Å². The summed E-state index contributed by atoms with van der Waals surface area (Å²) in [7, 11) is 0. The Kier molecular flexibility index (Phi) is 4.63. The van der Waals surface area contributed by atoms with Gasteiger partial charge in [-0.1, -0.05) is 11.6 Å². The summed E-state index contributed by atoms with van der Waals surface area (Å²) < 4.78 is 5.21. The standard InChI is InChI=1S/C15H20ClN3O3/c1-8(20)12(19-14(21)22-15(2,3)4)13-17-10-6-5-9(16)7-11(10)18-13/h5-8,12,20H,1-4H3,(H,17,18)(H,19,21)/t8-,12+/m1/s1. The van der Waals surface area contributed by atoms with Crippen molar-refractivity contribution in [1.29, 1.82) is 0 Å². The molecule has 3 N–H and O–H groups in total. The van der Waals surface area contributed by atoms with Crippen molar-refractivity contribution < 1.29 is 14.6 Å². The molecule has 1 heterocycles. The number of carbonyl (C=O) groups is 1. The molecule has 1 aromatic carbocycles. The van der Waals surface area contributed by atoms with Crippen molar-refractivity contribution in [3.8, 4) is 0 Å². The summed E-state index contributed by atoms with van der Waals surface area (Å²) in [5.41, 5.74) is 0.824. The molecule has 0 aliphatic heterocycles. The third kappa shape index (κ3) is 4.11. The van der Waals surface area contributed by atoms with Crippen molar-refractivity contribution in [2.45, 2.75) is 45.4 Å². The van der Waals surface area contributed by atoms with Crippen LogP contribution in [-0.2, 0) is 4.74 Å². The molecule has 0 saturated heterocycles. The molecule has 0 unspecified atom stereocenters. The number of imidazole rings is 1. The molecular formula is C15H20ClN3O3. The van der Waals surface area contributed by atoms with Gasteiger partial charge in [0.15, 0.2) is 0 Å². The lowest BCUT2D eigenvalue weighted by atomic mass is 10.1. The number of H-pyrrole nitrogens is 1. The van der Waals surface area contributed by atoms with Crippen LogP contribution < -0.4 is 5.32 Å². The first-order valence-corrected chi connectivity index (χ1v) is 7.36. The van der Waals surface area contributed by atoms with Crippen LogP contribution in [0, 0.1) is 0 Å². The van der Waals surface area contributed by atoms with E-state index >= 15 is 0 Å². The average molecular weight is 326 g/mol. The smallest absolute Gasteiger partial charge is 0.408 e. The number of benzene rings is 1. The van der Waals surface area contributed by atoms with E-state index in [2.05, 4.69) is 15.3 Å². The van der Waals surface area contributed by atoms with E-state index in [1.165, 1.54) is 0 Å². The lowest BCUT2D eigenvalue weighted by Crippen LogP contribution is -2.39. The zero-order chi connectivity index (χ0) is 16.5. The second kappa shape index (κ2) is 6.14. The highest BCUT2D eigenvalue weighted by molar-refractivity contribution is 6.31. The van der Waals surface area contributed by atoms with E-state index < -0.39 is 23.8 Å². The van der Waals surface area contributed by atoms with Gasteiger partial charge < -0.3 is 20.1 Å². The number of aromatic nitrogens is 2. The fourth-order valence-electron chi connectivity index (χ4n) is 2.00. The molecule has 6 nitrogen and oxygen atoms in total. The molecule has 2 aromatic rings. The molecule has 0 radical (unpaired) electrons. The van der Waals surface area contributed by atoms with Crippen LogP contribution >= 0.6 is 11.6 Å². The Balaban J connectivity index is 2.24. The fraction of sp³-hybridized carbons (Fsp3) is 0.467. The van der Waals surface area contributed by atoms with Crippen LogP contribution in [0.15, 0.2) is 18.2 Å². The van der Waals surface area contributed by atoms with Crippen LogP contribution in [0.2, 0.25) is 5.02 Å². The lowest BCUT2D eigenvalue weighted by Gasteiger charge is -2.24. The summed E-state index contributed by atoms with van der Waals surface area (Å²) in [6.45, 7) is 6.88. The number of hydrogen-bond donors (Lipinski definition) is 3. The van der Waals surface area contributed by atoms with Gasteiger partial charge >= 0.3 is 6.09 Å². The average Bonchev–Trinajstić information content (AvgIpc) is 2.75. The van der Waals surface area contributed by atoms with Crippen LogP contribution in [0.1, 0.15) is 39.6 Å². The van der Waals surface area contributed by atoms with Crippen LogP contribution in [0.25, 0.3) is 11.0 Å². The van der Waals surface area contributed by atoms with Crippen molar-refractivity contribution in [3.05, 3.63) is 29.0 Å². The monoisotopic (exact) mass is 325 g/mol. The van der Waals surface area contributed by atoms with Crippen molar-refractivity contribution >= 4 is 28.7 Å². The maximum Gasteiger partial charge on any atom is 0.408 e. The first-order chi connectivity index (χ1) is 10.2. The first-order valence-electron chi connectivity index (χ1n) is 6.98. The zero-order valence-corrected chi connectivity index (χ0v) is 13.7. The zero-order valence-electron chi connectivity index (χ0n) is 13.0. The molecular weight excluding hydrogens is 306 g/mol. The van der Waals surface area contributed by atoms with Crippen molar-refractivity contribution in [1.82, 2.24) is 15.3 Å². The van der Waals surface area contributed by atoms with Gasteiger partial charge in [-0.3, -0.25) is 0 Å². The molecule has 2 atom stereocenters. The summed E-state index contributed by atoms with van der Waals surface area (Å²) >= 11 is 5.94. The van der Waals surface area contributed by atoms with E-state index in [4.69, 9.17) is 16.3 Å². The van der Waals surface area contributed by atoms with Gasteiger partial charge in [-0.25, -0.2) is 9.78 Å². The Bertz CT molecular complexity index is 676. The molecule has 7 heteroatoms. The minimum atomic E-state index is -0.844. The third-order valence-electron chi connectivity index (χ3n) is 2.91. The SMILES string of the molecule is C[C@@H](O)[C@H](NC(=O)OC(C)(C)C)c1nc2ccc(Cl)cc2[nH]1. The molecule has 1 amide bonds. The summed E-state index contributed by atoms with van der Waals surface area (Å²) in [5.74, 6) is 0.443. The van der Waals surface area contributed by atoms with Gasteiger partial charge in [-0.2, -0.15) is 0 Å². The fourth-order valence-corrected chi connectivity index (χ4v) is 2.17. The van der Waals surface area contributed by atoms with E-state index in [0.29, 0.717) is 16.4 Å². The number of rotatable bonds is 3. The first kappa shape index (κ1) is 16.6. The predicted molar refractivity (Wildman–Crippen MR) is 84.9 cm³/mol. The largest absolute Gasteiger partial charge is 0.444 e. The number of ether oxygens (including phenoxy) is 1. The molecule has 120 valence electrons. The molecule has 0 aliphatic carbocycles. The molecule has 0 fully saturated rings. The molecule has 22 heavy (non-hydrogen) atoms. The molecule has 2 rings (SSSR count). The number of fused-ring (bicyclic) bond motifs is 1. The van der Waals surface area contributed by atoms with Crippen LogP contribution in [-0.4, -0.2) is 32.9 Å².